The first-order valence-electron chi connectivity index (χ1n) is 12.0. The van der Waals surface area contributed by atoms with Gasteiger partial charge in [-0.15, -0.1) is 0 Å². The number of hydrogen-bond donors (Lipinski definition) is 0. The predicted molar refractivity (Wildman–Crippen MR) is 129 cm³/mol. The van der Waals surface area contributed by atoms with Gasteiger partial charge in [-0.2, -0.15) is 4.31 Å². The van der Waals surface area contributed by atoms with E-state index in [0.29, 0.717) is 44.0 Å². The number of nitrogens with zero attached hydrogens (tertiary/aromatic N) is 2. The molecule has 0 aromatic heterocycles. The van der Waals surface area contributed by atoms with Crippen molar-refractivity contribution in [2.75, 3.05) is 33.3 Å². The number of rotatable bonds is 8. The number of hydrogen-bond acceptors (Lipinski definition) is 4. The van der Waals surface area contributed by atoms with Crippen molar-refractivity contribution in [3.63, 3.8) is 0 Å². The van der Waals surface area contributed by atoms with Gasteiger partial charge in [0.25, 0.3) is 0 Å². The van der Waals surface area contributed by atoms with Crippen LogP contribution < -0.4 is 4.74 Å². The second kappa shape index (κ2) is 10.7. The maximum Gasteiger partial charge on any atom is 0.243 e. The first-order valence-corrected chi connectivity index (χ1v) is 13.4. The lowest BCUT2D eigenvalue weighted by Crippen LogP contribution is -2.43. The molecule has 4 rings (SSSR count). The van der Waals surface area contributed by atoms with Crippen LogP contribution in [0.1, 0.15) is 43.2 Å². The van der Waals surface area contributed by atoms with Gasteiger partial charge < -0.3 is 9.64 Å². The van der Waals surface area contributed by atoms with Crippen LogP contribution in [0.5, 0.6) is 5.75 Å². The Kier molecular flexibility index (Phi) is 7.71. The van der Waals surface area contributed by atoms with E-state index in [9.17, 15) is 13.2 Å². The Labute approximate surface area is 197 Å². The van der Waals surface area contributed by atoms with Crippen LogP contribution in [-0.2, 0) is 27.7 Å². The molecule has 2 aromatic carbocycles. The second-order valence-corrected chi connectivity index (χ2v) is 11.0. The van der Waals surface area contributed by atoms with Crippen molar-refractivity contribution in [3.8, 4) is 5.75 Å². The van der Waals surface area contributed by atoms with Gasteiger partial charge in [-0.05, 0) is 80.3 Å². The van der Waals surface area contributed by atoms with Crippen molar-refractivity contribution in [1.82, 2.24) is 9.21 Å². The summed E-state index contributed by atoms with van der Waals surface area (Å²) in [5.74, 6) is 0.805. The number of benzene rings is 2. The van der Waals surface area contributed by atoms with Crippen molar-refractivity contribution in [3.05, 3.63) is 59.7 Å². The van der Waals surface area contributed by atoms with E-state index in [1.165, 1.54) is 17.5 Å². The van der Waals surface area contributed by atoms with Gasteiger partial charge in [-0.3, -0.25) is 4.79 Å². The van der Waals surface area contributed by atoms with Crippen molar-refractivity contribution in [1.29, 1.82) is 0 Å². The summed E-state index contributed by atoms with van der Waals surface area (Å²) < 4.78 is 33.6. The molecular formula is C26H34N2O4S. The van der Waals surface area contributed by atoms with E-state index in [-0.39, 0.29) is 11.8 Å². The number of sulfonamides is 1. The molecular weight excluding hydrogens is 436 g/mol. The molecule has 1 amide bonds. The van der Waals surface area contributed by atoms with Gasteiger partial charge in [0, 0.05) is 32.6 Å². The van der Waals surface area contributed by atoms with Crippen LogP contribution in [0.3, 0.4) is 0 Å². The molecule has 0 bridgehead atoms. The van der Waals surface area contributed by atoms with E-state index in [2.05, 4.69) is 0 Å². The summed E-state index contributed by atoms with van der Waals surface area (Å²) in [5, 5.41) is 0. The van der Waals surface area contributed by atoms with E-state index in [4.69, 9.17) is 4.74 Å². The molecule has 1 aliphatic heterocycles. The summed E-state index contributed by atoms with van der Waals surface area (Å²) in [6, 6.07) is 15.2. The number of fused-ring (bicyclic) bond motifs is 1. The third kappa shape index (κ3) is 5.76. The summed E-state index contributed by atoms with van der Waals surface area (Å²) >= 11 is 0. The highest BCUT2D eigenvalue weighted by atomic mass is 32.2. The minimum atomic E-state index is -3.52. The minimum Gasteiger partial charge on any atom is -0.494 e. The molecule has 7 heteroatoms. The normalized spacial score (nSPS) is 17.4. The standard InChI is InChI=1S/C26H34N2O4S/c1-27(16-7-19-32-24-10-3-2-4-11-24)26(29)22-14-17-28(18-15-22)33(30,31)25-13-12-21-8-5-6-9-23(21)20-25/h2-4,10-13,20,22H,5-9,14-19H2,1H3. The lowest BCUT2D eigenvalue weighted by Gasteiger charge is -2.32. The number of carbonyl (C=O) groups is 1. The molecule has 33 heavy (non-hydrogen) atoms. The molecule has 2 aliphatic rings. The SMILES string of the molecule is CN(CCCOc1ccccc1)C(=O)C1CCN(S(=O)(=O)c2ccc3c(c2)CCCC3)CC1. The molecule has 178 valence electrons. The lowest BCUT2D eigenvalue weighted by molar-refractivity contribution is -0.135. The Bertz CT molecular complexity index is 1050. The topological polar surface area (TPSA) is 66.9 Å². The molecule has 0 atom stereocenters. The highest BCUT2D eigenvalue weighted by Gasteiger charge is 2.33. The Morgan fingerprint density at radius 3 is 2.45 bits per heavy atom. The summed E-state index contributed by atoms with van der Waals surface area (Å²) in [7, 11) is -1.70. The van der Waals surface area contributed by atoms with Crippen LogP contribution in [0, 0.1) is 5.92 Å². The molecule has 6 nitrogen and oxygen atoms in total. The average Bonchev–Trinajstić information content (AvgIpc) is 2.86. The molecule has 0 radical (unpaired) electrons. The molecule has 1 heterocycles. The van der Waals surface area contributed by atoms with Crippen LogP contribution in [0.2, 0.25) is 0 Å². The van der Waals surface area contributed by atoms with Gasteiger partial charge in [0.05, 0.1) is 11.5 Å². The Morgan fingerprint density at radius 1 is 1.03 bits per heavy atom. The van der Waals surface area contributed by atoms with Gasteiger partial charge in [0.1, 0.15) is 5.75 Å². The fourth-order valence-electron chi connectivity index (χ4n) is 4.79. The summed E-state index contributed by atoms with van der Waals surface area (Å²) in [6.07, 6.45) is 6.17. The fraction of sp³-hybridized carbons (Fsp3) is 0.500. The van der Waals surface area contributed by atoms with E-state index in [1.807, 2.05) is 49.5 Å². The molecule has 2 aromatic rings. The van der Waals surface area contributed by atoms with Crippen molar-refractivity contribution >= 4 is 15.9 Å². The van der Waals surface area contributed by atoms with Crippen molar-refractivity contribution in [2.24, 2.45) is 5.92 Å². The zero-order valence-electron chi connectivity index (χ0n) is 19.4. The zero-order chi connectivity index (χ0) is 23.3. The third-order valence-electron chi connectivity index (χ3n) is 6.79. The smallest absolute Gasteiger partial charge is 0.243 e. The highest BCUT2D eigenvalue weighted by molar-refractivity contribution is 7.89. The van der Waals surface area contributed by atoms with Crippen molar-refractivity contribution in [2.45, 2.75) is 49.8 Å². The Morgan fingerprint density at radius 2 is 1.73 bits per heavy atom. The number of amides is 1. The lowest BCUT2D eigenvalue weighted by atomic mass is 9.92. The number of aryl methyl sites for hydroxylation is 2. The molecule has 1 fully saturated rings. The fourth-order valence-corrected chi connectivity index (χ4v) is 6.31. The minimum absolute atomic E-state index is 0.0977. The van der Waals surface area contributed by atoms with Crippen molar-refractivity contribution < 1.29 is 17.9 Å². The van der Waals surface area contributed by atoms with Crippen LogP contribution in [0.15, 0.2) is 53.4 Å². The van der Waals surface area contributed by atoms with E-state index in [1.54, 1.807) is 15.3 Å². The monoisotopic (exact) mass is 470 g/mol. The first kappa shape index (κ1) is 23.8. The molecule has 0 N–H and O–H groups in total. The van der Waals surface area contributed by atoms with Gasteiger partial charge in [0.2, 0.25) is 15.9 Å². The molecule has 1 aliphatic carbocycles. The van der Waals surface area contributed by atoms with Gasteiger partial charge in [-0.1, -0.05) is 24.3 Å². The van der Waals surface area contributed by atoms with Crippen LogP contribution >= 0.6 is 0 Å². The predicted octanol–water partition coefficient (Wildman–Crippen LogP) is 3.89. The first-order chi connectivity index (χ1) is 15.9. The number of piperidine rings is 1. The van der Waals surface area contributed by atoms with Crippen LogP contribution in [0.4, 0.5) is 0 Å². The zero-order valence-corrected chi connectivity index (χ0v) is 20.2. The second-order valence-electron chi connectivity index (χ2n) is 9.09. The van der Waals surface area contributed by atoms with Gasteiger partial charge in [0.15, 0.2) is 0 Å². The largest absolute Gasteiger partial charge is 0.494 e. The average molecular weight is 471 g/mol. The Hall–Kier alpha value is -2.38. The maximum absolute atomic E-state index is 13.2. The van der Waals surface area contributed by atoms with Gasteiger partial charge in [-0.25, -0.2) is 8.42 Å². The summed E-state index contributed by atoms with van der Waals surface area (Å²) in [6.45, 7) is 1.96. The third-order valence-corrected chi connectivity index (χ3v) is 8.68. The van der Waals surface area contributed by atoms with Gasteiger partial charge >= 0.3 is 0 Å². The maximum atomic E-state index is 13.2. The highest BCUT2D eigenvalue weighted by Crippen LogP contribution is 2.28. The number of carbonyl (C=O) groups excluding carboxylic acids is 1. The van der Waals surface area contributed by atoms with Crippen LogP contribution in [-0.4, -0.2) is 56.8 Å². The van der Waals surface area contributed by atoms with E-state index < -0.39 is 10.0 Å². The quantitative estimate of drug-likeness (QED) is 0.549. The van der Waals surface area contributed by atoms with E-state index in [0.717, 1.165) is 31.4 Å². The number of para-hydroxylation sites is 1. The number of ether oxygens (including phenoxy) is 1. The summed E-state index contributed by atoms with van der Waals surface area (Å²) in [4.78, 5) is 15.0. The van der Waals surface area contributed by atoms with E-state index >= 15 is 0 Å². The molecule has 0 unspecified atom stereocenters. The summed E-state index contributed by atoms with van der Waals surface area (Å²) in [5.41, 5.74) is 2.45. The molecule has 0 spiro atoms. The Balaban J connectivity index is 1.25. The molecule has 0 saturated carbocycles. The molecule has 1 saturated heterocycles. The van der Waals surface area contributed by atoms with Crippen LogP contribution in [0.25, 0.3) is 0 Å².